The first-order chi connectivity index (χ1) is 7.42. The molecule has 0 aliphatic heterocycles. The Hall–Kier alpha value is -1.71. The van der Waals surface area contributed by atoms with Crippen molar-refractivity contribution in [1.82, 2.24) is 20.6 Å². The minimum absolute atomic E-state index is 0.752. The van der Waals surface area contributed by atoms with Crippen LogP contribution in [0.1, 0.15) is 25.3 Å². The highest BCUT2D eigenvalue weighted by atomic mass is 15.5. The molecule has 0 spiro atoms. The number of benzene rings is 1. The Kier molecular flexibility index (Phi) is 3.07. The van der Waals surface area contributed by atoms with Crippen LogP contribution in [0.15, 0.2) is 24.3 Å². The Bertz CT molecular complexity index is 408. The minimum Gasteiger partial charge on any atom is -0.239 e. The van der Waals surface area contributed by atoms with Gasteiger partial charge in [-0.15, -0.1) is 5.10 Å². The van der Waals surface area contributed by atoms with Crippen LogP contribution >= 0.6 is 0 Å². The number of aromatic amines is 1. The summed E-state index contributed by atoms with van der Waals surface area (Å²) in [5, 5.41) is 13.9. The maximum Gasteiger partial charge on any atom is 0.179 e. The first kappa shape index (κ1) is 9.83. The zero-order valence-corrected chi connectivity index (χ0v) is 8.77. The lowest BCUT2D eigenvalue weighted by Gasteiger charge is -2.04. The molecule has 0 bridgehead atoms. The average Bonchev–Trinajstić information content (AvgIpc) is 2.80. The highest BCUT2D eigenvalue weighted by Gasteiger charge is 2.06. The summed E-state index contributed by atoms with van der Waals surface area (Å²) in [5.41, 5.74) is 2.41. The van der Waals surface area contributed by atoms with E-state index in [0.717, 1.165) is 17.8 Å². The van der Waals surface area contributed by atoms with Crippen molar-refractivity contribution in [2.24, 2.45) is 0 Å². The third-order valence-electron chi connectivity index (χ3n) is 2.42. The summed E-state index contributed by atoms with van der Waals surface area (Å²) in [6, 6.07) is 8.24. The van der Waals surface area contributed by atoms with Gasteiger partial charge in [-0.05, 0) is 28.8 Å². The molecule has 0 amide bonds. The van der Waals surface area contributed by atoms with Crippen LogP contribution in [0.3, 0.4) is 0 Å². The van der Waals surface area contributed by atoms with E-state index < -0.39 is 0 Å². The van der Waals surface area contributed by atoms with E-state index in [1.54, 1.807) is 0 Å². The van der Waals surface area contributed by atoms with Crippen molar-refractivity contribution in [3.05, 3.63) is 29.8 Å². The van der Waals surface area contributed by atoms with E-state index in [2.05, 4.69) is 39.7 Å². The average molecular weight is 202 g/mol. The summed E-state index contributed by atoms with van der Waals surface area (Å²) < 4.78 is 0. The fourth-order valence-electron chi connectivity index (χ4n) is 1.61. The van der Waals surface area contributed by atoms with Gasteiger partial charge in [-0.3, -0.25) is 0 Å². The van der Waals surface area contributed by atoms with Crippen molar-refractivity contribution in [3.8, 4) is 11.4 Å². The monoisotopic (exact) mass is 202 g/mol. The quantitative estimate of drug-likeness (QED) is 0.827. The van der Waals surface area contributed by atoms with Crippen LogP contribution in [0.25, 0.3) is 11.4 Å². The molecule has 4 nitrogen and oxygen atoms in total. The molecule has 78 valence electrons. The van der Waals surface area contributed by atoms with E-state index in [-0.39, 0.29) is 0 Å². The zero-order valence-electron chi connectivity index (χ0n) is 8.77. The first-order valence-corrected chi connectivity index (χ1v) is 5.24. The molecule has 0 saturated heterocycles. The number of hydrogen-bond acceptors (Lipinski definition) is 3. The van der Waals surface area contributed by atoms with Gasteiger partial charge in [0.2, 0.25) is 0 Å². The van der Waals surface area contributed by atoms with Gasteiger partial charge >= 0.3 is 0 Å². The Morgan fingerprint density at radius 1 is 1.27 bits per heavy atom. The molecule has 0 unspecified atom stereocenters. The van der Waals surface area contributed by atoms with Crippen LogP contribution in [0.4, 0.5) is 0 Å². The lowest BCUT2D eigenvalue weighted by molar-refractivity contribution is 0.795. The summed E-state index contributed by atoms with van der Waals surface area (Å²) in [7, 11) is 0. The fraction of sp³-hybridized carbons (Fsp3) is 0.364. The molecule has 0 radical (unpaired) electrons. The summed E-state index contributed by atoms with van der Waals surface area (Å²) >= 11 is 0. The molecule has 0 aliphatic rings. The molecular formula is C11H14N4. The lowest BCUT2D eigenvalue weighted by Crippen LogP contribution is -1.91. The number of unbranched alkanes of at least 4 members (excludes halogenated alkanes) is 1. The normalized spacial score (nSPS) is 10.5. The Morgan fingerprint density at radius 3 is 2.87 bits per heavy atom. The minimum atomic E-state index is 0.752. The Labute approximate surface area is 88.7 Å². The fourth-order valence-corrected chi connectivity index (χ4v) is 1.61. The Balaban J connectivity index is 2.30. The summed E-state index contributed by atoms with van der Waals surface area (Å²) in [5.74, 6) is 0.752. The predicted molar refractivity (Wildman–Crippen MR) is 58.2 cm³/mol. The molecule has 4 heteroatoms. The number of rotatable bonds is 4. The van der Waals surface area contributed by atoms with Gasteiger partial charge in [-0.25, -0.2) is 5.10 Å². The van der Waals surface area contributed by atoms with Gasteiger partial charge in [0.05, 0.1) is 0 Å². The van der Waals surface area contributed by atoms with E-state index in [4.69, 9.17) is 0 Å². The lowest BCUT2D eigenvalue weighted by atomic mass is 10.0. The van der Waals surface area contributed by atoms with Crippen LogP contribution in [0.5, 0.6) is 0 Å². The predicted octanol–water partition coefficient (Wildman–Crippen LogP) is 2.21. The van der Waals surface area contributed by atoms with E-state index in [9.17, 15) is 0 Å². The highest BCUT2D eigenvalue weighted by Crippen LogP contribution is 2.20. The van der Waals surface area contributed by atoms with E-state index >= 15 is 0 Å². The number of nitrogens with zero attached hydrogens (tertiary/aromatic N) is 3. The van der Waals surface area contributed by atoms with E-state index in [1.807, 2.05) is 12.1 Å². The maximum atomic E-state index is 3.94. The van der Waals surface area contributed by atoms with Gasteiger partial charge in [0.15, 0.2) is 5.82 Å². The maximum absolute atomic E-state index is 3.94. The molecule has 0 aliphatic carbocycles. The van der Waals surface area contributed by atoms with Crippen molar-refractivity contribution < 1.29 is 0 Å². The molecule has 1 heterocycles. The van der Waals surface area contributed by atoms with Gasteiger partial charge in [-0.1, -0.05) is 37.6 Å². The Morgan fingerprint density at radius 2 is 2.13 bits per heavy atom. The zero-order chi connectivity index (χ0) is 10.5. The standard InChI is InChI=1S/C11H14N4/c1-2-3-6-9-7-4-5-8-10(9)11-12-14-15-13-11/h4-5,7-8H,2-3,6H2,1H3,(H,12,13,14,15). The molecule has 0 atom stereocenters. The van der Waals surface area contributed by atoms with Crippen LogP contribution in [0.2, 0.25) is 0 Å². The second-order valence-electron chi connectivity index (χ2n) is 3.51. The largest absolute Gasteiger partial charge is 0.239 e. The van der Waals surface area contributed by atoms with Crippen LogP contribution in [-0.4, -0.2) is 20.6 Å². The number of nitrogens with one attached hydrogen (secondary N) is 1. The topological polar surface area (TPSA) is 54.5 Å². The van der Waals surface area contributed by atoms with Crippen molar-refractivity contribution in [3.63, 3.8) is 0 Å². The molecule has 1 aromatic carbocycles. The van der Waals surface area contributed by atoms with Gasteiger partial charge in [0.1, 0.15) is 0 Å². The SMILES string of the molecule is CCCCc1ccccc1-c1nnn[nH]1. The number of aryl methyl sites for hydroxylation is 1. The van der Waals surface area contributed by atoms with Crippen LogP contribution in [-0.2, 0) is 6.42 Å². The molecule has 1 aromatic heterocycles. The van der Waals surface area contributed by atoms with Gasteiger partial charge in [-0.2, -0.15) is 0 Å². The van der Waals surface area contributed by atoms with Gasteiger partial charge in [0, 0.05) is 5.56 Å². The smallest absolute Gasteiger partial charge is 0.179 e. The van der Waals surface area contributed by atoms with Crippen LogP contribution in [0, 0.1) is 0 Å². The number of H-pyrrole nitrogens is 1. The van der Waals surface area contributed by atoms with E-state index in [0.29, 0.717) is 0 Å². The molecule has 15 heavy (non-hydrogen) atoms. The van der Waals surface area contributed by atoms with Crippen molar-refractivity contribution in [1.29, 1.82) is 0 Å². The second kappa shape index (κ2) is 4.68. The van der Waals surface area contributed by atoms with E-state index in [1.165, 1.54) is 18.4 Å². The number of aromatic nitrogens is 4. The van der Waals surface area contributed by atoms with Gasteiger partial charge in [0.25, 0.3) is 0 Å². The molecule has 0 fully saturated rings. The molecule has 0 saturated carbocycles. The number of tetrazole rings is 1. The van der Waals surface area contributed by atoms with Crippen molar-refractivity contribution in [2.75, 3.05) is 0 Å². The summed E-state index contributed by atoms with van der Waals surface area (Å²) in [4.78, 5) is 0. The second-order valence-corrected chi connectivity index (χ2v) is 3.51. The van der Waals surface area contributed by atoms with Gasteiger partial charge < -0.3 is 0 Å². The van der Waals surface area contributed by atoms with Crippen molar-refractivity contribution in [2.45, 2.75) is 26.2 Å². The van der Waals surface area contributed by atoms with Crippen LogP contribution < -0.4 is 0 Å². The third-order valence-corrected chi connectivity index (χ3v) is 2.42. The first-order valence-electron chi connectivity index (χ1n) is 5.24. The number of hydrogen-bond donors (Lipinski definition) is 1. The highest BCUT2D eigenvalue weighted by molar-refractivity contribution is 5.59. The van der Waals surface area contributed by atoms with Crippen molar-refractivity contribution >= 4 is 0 Å². The third kappa shape index (κ3) is 2.21. The summed E-state index contributed by atoms with van der Waals surface area (Å²) in [6.45, 7) is 2.19. The molecule has 2 aromatic rings. The molecular weight excluding hydrogens is 188 g/mol. The summed E-state index contributed by atoms with van der Waals surface area (Å²) in [6.07, 6.45) is 3.47. The molecule has 2 rings (SSSR count). The molecule has 1 N–H and O–H groups in total.